The molecular weight excluding hydrogens is 305 g/mol. The highest BCUT2D eigenvalue weighted by Crippen LogP contribution is 2.27. The minimum atomic E-state index is -0.269. The van der Waals surface area contributed by atoms with Crippen LogP contribution in [0.2, 0.25) is 0 Å². The summed E-state index contributed by atoms with van der Waals surface area (Å²) in [6.07, 6.45) is 6.52. The molecule has 126 valence electrons. The zero-order valence-corrected chi connectivity index (χ0v) is 13.8. The van der Waals surface area contributed by atoms with Gasteiger partial charge in [0.05, 0.1) is 12.6 Å². The van der Waals surface area contributed by atoms with Crippen molar-refractivity contribution in [2.75, 3.05) is 0 Å². The van der Waals surface area contributed by atoms with E-state index in [9.17, 15) is 9.18 Å². The van der Waals surface area contributed by atoms with Gasteiger partial charge < -0.3 is 10.2 Å². The van der Waals surface area contributed by atoms with E-state index in [0.29, 0.717) is 12.1 Å². The standard InChI is InChI=1S/C19H22FN3O/c1-14(15-7-5-11-21-12-15)22-19(24)23(17-8-4-9-17)13-16-6-2-3-10-18(16)20/h2-3,5-7,10-12,14,17H,4,8-9,13H2,1H3,(H,22,24). The van der Waals surface area contributed by atoms with Crippen LogP contribution in [0.1, 0.15) is 43.4 Å². The van der Waals surface area contributed by atoms with Gasteiger partial charge in [0.1, 0.15) is 5.82 Å². The lowest BCUT2D eigenvalue weighted by atomic mass is 9.91. The van der Waals surface area contributed by atoms with Crippen LogP contribution in [0, 0.1) is 5.82 Å². The Morgan fingerprint density at radius 1 is 1.33 bits per heavy atom. The summed E-state index contributed by atoms with van der Waals surface area (Å²) in [6, 6.07) is 10.3. The van der Waals surface area contributed by atoms with E-state index in [1.807, 2.05) is 19.1 Å². The number of nitrogens with zero attached hydrogens (tertiary/aromatic N) is 2. The van der Waals surface area contributed by atoms with Crippen molar-refractivity contribution in [3.8, 4) is 0 Å². The van der Waals surface area contributed by atoms with E-state index in [1.165, 1.54) is 6.07 Å². The molecule has 1 aromatic carbocycles. The number of rotatable bonds is 5. The molecule has 0 bridgehead atoms. The van der Waals surface area contributed by atoms with Gasteiger partial charge in [-0.25, -0.2) is 9.18 Å². The summed E-state index contributed by atoms with van der Waals surface area (Å²) >= 11 is 0. The number of urea groups is 1. The lowest BCUT2D eigenvalue weighted by molar-refractivity contribution is 0.130. The van der Waals surface area contributed by atoms with Gasteiger partial charge >= 0.3 is 6.03 Å². The second-order valence-electron chi connectivity index (χ2n) is 6.26. The number of amides is 2. The molecule has 1 aliphatic rings. The van der Waals surface area contributed by atoms with Crippen LogP contribution in [0.3, 0.4) is 0 Å². The molecular formula is C19H22FN3O. The Balaban J connectivity index is 1.71. The number of benzene rings is 1. The first-order chi connectivity index (χ1) is 11.6. The second-order valence-corrected chi connectivity index (χ2v) is 6.26. The fourth-order valence-electron chi connectivity index (χ4n) is 2.86. The van der Waals surface area contributed by atoms with Gasteiger partial charge in [-0.05, 0) is 43.9 Å². The largest absolute Gasteiger partial charge is 0.331 e. The first kappa shape index (κ1) is 16.4. The van der Waals surface area contributed by atoms with Gasteiger partial charge in [0.25, 0.3) is 0 Å². The Hall–Kier alpha value is -2.43. The molecule has 2 aromatic rings. The van der Waals surface area contributed by atoms with Crippen LogP contribution in [0.4, 0.5) is 9.18 Å². The molecule has 1 unspecified atom stereocenters. The van der Waals surface area contributed by atoms with E-state index in [0.717, 1.165) is 24.8 Å². The molecule has 24 heavy (non-hydrogen) atoms. The van der Waals surface area contributed by atoms with Crippen molar-refractivity contribution >= 4 is 6.03 Å². The normalized spacial score (nSPS) is 15.4. The van der Waals surface area contributed by atoms with Crippen LogP contribution < -0.4 is 5.32 Å². The predicted octanol–water partition coefficient (Wildman–Crippen LogP) is 4.05. The molecule has 1 atom stereocenters. The van der Waals surface area contributed by atoms with Crippen LogP contribution in [0.15, 0.2) is 48.8 Å². The molecule has 5 heteroatoms. The van der Waals surface area contributed by atoms with Gasteiger partial charge in [-0.1, -0.05) is 24.3 Å². The summed E-state index contributed by atoms with van der Waals surface area (Å²) < 4.78 is 14.0. The third kappa shape index (κ3) is 3.72. The van der Waals surface area contributed by atoms with Gasteiger partial charge in [-0.3, -0.25) is 4.98 Å². The fraction of sp³-hybridized carbons (Fsp3) is 0.368. The Labute approximate surface area is 141 Å². The lowest BCUT2D eigenvalue weighted by Crippen LogP contribution is -2.49. The van der Waals surface area contributed by atoms with Gasteiger partial charge in [0.15, 0.2) is 0 Å². The maximum atomic E-state index is 14.0. The Kier molecular flexibility index (Phi) is 5.08. The smallest absolute Gasteiger partial charge is 0.318 e. The van der Waals surface area contributed by atoms with Crippen molar-refractivity contribution in [2.24, 2.45) is 0 Å². The average molecular weight is 327 g/mol. The summed E-state index contributed by atoms with van der Waals surface area (Å²) in [5, 5.41) is 3.01. The van der Waals surface area contributed by atoms with Gasteiger partial charge in [-0.2, -0.15) is 0 Å². The Morgan fingerprint density at radius 3 is 2.75 bits per heavy atom. The van der Waals surface area contributed by atoms with Crippen molar-refractivity contribution < 1.29 is 9.18 Å². The van der Waals surface area contributed by atoms with Crippen LogP contribution in [-0.4, -0.2) is 22.0 Å². The summed E-state index contributed by atoms with van der Waals surface area (Å²) in [7, 11) is 0. The van der Waals surface area contributed by atoms with Crippen molar-refractivity contribution in [3.63, 3.8) is 0 Å². The number of halogens is 1. The van der Waals surface area contributed by atoms with E-state index in [4.69, 9.17) is 0 Å². The van der Waals surface area contributed by atoms with Gasteiger partial charge in [-0.15, -0.1) is 0 Å². The Bertz CT molecular complexity index is 688. The molecule has 3 rings (SSSR count). The maximum Gasteiger partial charge on any atom is 0.318 e. The Morgan fingerprint density at radius 2 is 2.12 bits per heavy atom. The molecule has 1 heterocycles. The van der Waals surface area contributed by atoms with Crippen LogP contribution in [-0.2, 0) is 6.54 Å². The third-order valence-electron chi connectivity index (χ3n) is 4.60. The fourth-order valence-corrected chi connectivity index (χ4v) is 2.86. The number of hydrogen-bond donors (Lipinski definition) is 1. The molecule has 4 nitrogen and oxygen atoms in total. The molecule has 1 aromatic heterocycles. The SMILES string of the molecule is CC(NC(=O)N(Cc1ccccc1F)C1CCC1)c1cccnc1. The summed E-state index contributed by atoms with van der Waals surface area (Å²) in [5.74, 6) is -0.269. The zero-order chi connectivity index (χ0) is 16.9. The lowest BCUT2D eigenvalue weighted by Gasteiger charge is -2.38. The monoisotopic (exact) mass is 327 g/mol. The van der Waals surface area contributed by atoms with Crippen LogP contribution in [0.25, 0.3) is 0 Å². The molecule has 1 aliphatic carbocycles. The third-order valence-corrected chi connectivity index (χ3v) is 4.60. The first-order valence-corrected chi connectivity index (χ1v) is 8.35. The number of hydrogen-bond acceptors (Lipinski definition) is 2. The van der Waals surface area contributed by atoms with Crippen molar-refractivity contribution in [3.05, 3.63) is 65.7 Å². The van der Waals surface area contributed by atoms with E-state index in [2.05, 4.69) is 10.3 Å². The minimum Gasteiger partial charge on any atom is -0.331 e. The molecule has 1 saturated carbocycles. The van der Waals surface area contributed by atoms with Crippen molar-refractivity contribution in [1.82, 2.24) is 15.2 Å². The molecule has 0 spiro atoms. The average Bonchev–Trinajstić information content (AvgIpc) is 2.55. The molecule has 2 amide bonds. The number of carbonyl (C=O) groups excluding carboxylic acids is 1. The zero-order valence-electron chi connectivity index (χ0n) is 13.8. The van der Waals surface area contributed by atoms with E-state index < -0.39 is 0 Å². The molecule has 1 N–H and O–H groups in total. The van der Waals surface area contributed by atoms with Gasteiger partial charge in [0, 0.05) is 24.0 Å². The van der Waals surface area contributed by atoms with E-state index >= 15 is 0 Å². The predicted molar refractivity (Wildman–Crippen MR) is 90.8 cm³/mol. The van der Waals surface area contributed by atoms with Crippen LogP contribution in [0.5, 0.6) is 0 Å². The first-order valence-electron chi connectivity index (χ1n) is 8.35. The van der Waals surface area contributed by atoms with Gasteiger partial charge in [0.2, 0.25) is 0 Å². The number of pyridine rings is 1. The summed E-state index contributed by atoms with van der Waals surface area (Å²) in [5.41, 5.74) is 1.50. The molecule has 1 fully saturated rings. The molecule has 0 radical (unpaired) electrons. The topological polar surface area (TPSA) is 45.2 Å². The second kappa shape index (κ2) is 7.43. The maximum absolute atomic E-state index is 14.0. The number of nitrogens with one attached hydrogen (secondary N) is 1. The van der Waals surface area contributed by atoms with Crippen molar-refractivity contribution in [1.29, 1.82) is 0 Å². The quantitative estimate of drug-likeness (QED) is 0.900. The summed E-state index contributed by atoms with van der Waals surface area (Å²) in [6.45, 7) is 2.22. The van der Waals surface area contributed by atoms with E-state index in [-0.39, 0.29) is 23.9 Å². The van der Waals surface area contributed by atoms with E-state index in [1.54, 1.807) is 35.5 Å². The van der Waals surface area contributed by atoms with Crippen molar-refractivity contribution in [2.45, 2.75) is 44.8 Å². The highest BCUT2D eigenvalue weighted by Gasteiger charge is 2.30. The number of carbonyl (C=O) groups is 1. The molecule has 0 saturated heterocycles. The van der Waals surface area contributed by atoms with Crippen LogP contribution >= 0.6 is 0 Å². The number of aromatic nitrogens is 1. The molecule has 0 aliphatic heterocycles. The highest BCUT2D eigenvalue weighted by atomic mass is 19.1. The highest BCUT2D eigenvalue weighted by molar-refractivity contribution is 5.75. The summed E-state index contributed by atoms with van der Waals surface area (Å²) in [4.78, 5) is 18.6. The minimum absolute atomic E-state index is 0.144.